The molecule has 0 saturated carbocycles. The summed E-state index contributed by atoms with van der Waals surface area (Å²) in [4.78, 5) is 4.07. The Balaban J connectivity index is 2.67. The number of halogens is 1. The summed E-state index contributed by atoms with van der Waals surface area (Å²) in [5, 5.41) is 0.602. The molecule has 1 heterocycles. The Morgan fingerprint density at radius 2 is 1.94 bits per heavy atom. The molecule has 2 nitrogen and oxygen atoms in total. The number of nitrogen functional groups attached to an aromatic ring is 1. The Labute approximate surface area is 100 Å². The molecule has 0 bridgehead atoms. The van der Waals surface area contributed by atoms with Gasteiger partial charge in [-0.2, -0.15) is 0 Å². The van der Waals surface area contributed by atoms with Crippen LogP contribution in [0.25, 0.3) is 11.1 Å². The number of nitrogens with zero attached hydrogens (tertiary/aromatic N) is 1. The van der Waals surface area contributed by atoms with Crippen molar-refractivity contribution in [3.63, 3.8) is 0 Å². The third-order valence-electron chi connectivity index (χ3n) is 2.78. The molecule has 1 aromatic carbocycles. The van der Waals surface area contributed by atoms with Crippen LogP contribution in [0.15, 0.2) is 30.5 Å². The van der Waals surface area contributed by atoms with Gasteiger partial charge in [0.1, 0.15) is 5.82 Å². The zero-order valence-electron chi connectivity index (χ0n) is 9.29. The highest BCUT2D eigenvalue weighted by atomic mass is 35.5. The molecule has 16 heavy (non-hydrogen) atoms. The molecule has 0 amide bonds. The number of aromatic nitrogens is 1. The largest absolute Gasteiger partial charge is 0.383 e. The van der Waals surface area contributed by atoms with Gasteiger partial charge in [-0.15, -0.1) is 0 Å². The summed E-state index contributed by atoms with van der Waals surface area (Å²) in [7, 11) is 0. The molecule has 0 aliphatic rings. The first-order valence-electron chi connectivity index (χ1n) is 5.07. The monoisotopic (exact) mass is 232 g/mol. The molecular weight excluding hydrogens is 220 g/mol. The first kappa shape index (κ1) is 11.0. The van der Waals surface area contributed by atoms with Crippen LogP contribution in [0.5, 0.6) is 0 Å². The van der Waals surface area contributed by atoms with Crippen molar-refractivity contribution in [2.75, 3.05) is 5.73 Å². The van der Waals surface area contributed by atoms with Crippen molar-refractivity contribution >= 4 is 17.4 Å². The number of hydrogen-bond donors (Lipinski definition) is 1. The summed E-state index contributed by atoms with van der Waals surface area (Å²) in [6, 6.07) is 7.97. The Hall–Kier alpha value is -1.54. The van der Waals surface area contributed by atoms with Gasteiger partial charge in [0.05, 0.1) is 5.02 Å². The number of pyridine rings is 1. The highest BCUT2D eigenvalue weighted by Gasteiger charge is 2.08. The molecule has 82 valence electrons. The smallest absolute Gasteiger partial charge is 0.131 e. The second-order valence-electron chi connectivity index (χ2n) is 3.83. The van der Waals surface area contributed by atoms with Crippen LogP contribution in [0.4, 0.5) is 5.82 Å². The minimum absolute atomic E-state index is 0.512. The van der Waals surface area contributed by atoms with Gasteiger partial charge in [0, 0.05) is 11.8 Å². The third kappa shape index (κ3) is 1.89. The van der Waals surface area contributed by atoms with Crippen LogP contribution in [0.3, 0.4) is 0 Å². The Morgan fingerprint density at radius 1 is 1.19 bits per heavy atom. The number of anilines is 1. The van der Waals surface area contributed by atoms with Crippen molar-refractivity contribution in [2.45, 2.75) is 13.8 Å². The average molecular weight is 233 g/mol. The molecule has 0 aliphatic heterocycles. The Kier molecular flexibility index (Phi) is 2.84. The van der Waals surface area contributed by atoms with Crippen LogP contribution < -0.4 is 5.73 Å². The summed E-state index contributed by atoms with van der Waals surface area (Å²) in [5.74, 6) is 0.512. The molecule has 0 atom stereocenters. The molecule has 0 spiro atoms. The van der Waals surface area contributed by atoms with Gasteiger partial charge in [-0.3, -0.25) is 0 Å². The molecule has 2 rings (SSSR count). The minimum atomic E-state index is 0.512. The molecule has 2 N–H and O–H groups in total. The summed E-state index contributed by atoms with van der Waals surface area (Å²) < 4.78 is 0. The van der Waals surface area contributed by atoms with E-state index in [2.05, 4.69) is 24.9 Å². The maximum Gasteiger partial charge on any atom is 0.131 e. The fourth-order valence-electron chi connectivity index (χ4n) is 1.71. The standard InChI is InChI=1S/C13H13ClN2/c1-8-4-3-5-11(9(8)2)12-6-10(14)7-16-13(12)15/h3-7H,1-2H3,(H2,15,16). The van der Waals surface area contributed by atoms with E-state index in [9.17, 15) is 0 Å². The second kappa shape index (κ2) is 4.14. The fraction of sp³-hybridized carbons (Fsp3) is 0.154. The maximum atomic E-state index is 5.94. The van der Waals surface area contributed by atoms with Gasteiger partial charge in [0.15, 0.2) is 0 Å². The quantitative estimate of drug-likeness (QED) is 0.816. The third-order valence-corrected chi connectivity index (χ3v) is 2.99. The number of aryl methyl sites for hydroxylation is 1. The highest BCUT2D eigenvalue weighted by Crippen LogP contribution is 2.30. The molecule has 0 aliphatic carbocycles. The van der Waals surface area contributed by atoms with E-state index in [1.807, 2.05) is 18.2 Å². The van der Waals surface area contributed by atoms with Crippen LogP contribution >= 0.6 is 11.6 Å². The van der Waals surface area contributed by atoms with E-state index in [4.69, 9.17) is 17.3 Å². The lowest BCUT2D eigenvalue weighted by Crippen LogP contribution is -1.96. The molecule has 0 saturated heterocycles. The molecule has 2 aromatic rings. The minimum Gasteiger partial charge on any atom is -0.383 e. The Bertz CT molecular complexity index is 535. The summed E-state index contributed by atoms with van der Waals surface area (Å²) >= 11 is 5.94. The van der Waals surface area contributed by atoms with Crippen LogP contribution in [-0.4, -0.2) is 4.98 Å². The van der Waals surface area contributed by atoms with E-state index in [0.29, 0.717) is 10.8 Å². The lowest BCUT2D eigenvalue weighted by molar-refractivity contribution is 1.30. The molecular formula is C13H13ClN2. The van der Waals surface area contributed by atoms with Crippen molar-refractivity contribution in [3.8, 4) is 11.1 Å². The van der Waals surface area contributed by atoms with Gasteiger partial charge in [-0.1, -0.05) is 29.8 Å². The van der Waals surface area contributed by atoms with Crippen LogP contribution in [-0.2, 0) is 0 Å². The van der Waals surface area contributed by atoms with Crippen molar-refractivity contribution in [3.05, 3.63) is 46.6 Å². The number of benzene rings is 1. The topological polar surface area (TPSA) is 38.9 Å². The van der Waals surface area contributed by atoms with Crippen molar-refractivity contribution in [2.24, 2.45) is 0 Å². The molecule has 0 unspecified atom stereocenters. The van der Waals surface area contributed by atoms with Gasteiger partial charge >= 0.3 is 0 Å². The summed E-state index contributed by atoms with van der Waals surface area (Å²) in [5.41, 5.74) is 10.3. The zero-order chi connectivity index (χ0) is 11.7. The second-order valence-corrected chi connectivity index (χ2v) is 4.27. The predicted molar refractivity (Wildman–Crippen MR) is 68.6 cm³/mol. The predicted octanol–water partition coefficient (Wildman–Crippen LogP) is 3.60. The van der Waals surface area contributed by atoms with Gasteiger partial charge in [-0.05, 0) is 36.6 Å². The number of rotatable bonds is 1. The average Bonchev–Trinajstić information content (AvgIpc) is 2.26. The normalized spacial score (nSPS) is 10.4. The van der Waals surface area contributed by atoms with E-state index >= 15 is 0 Å². The lowest BCUT2D eigenvalue weighted by Gasteiger charge is -2.10. The fourth-order valence-corrected chi connectivity index (χ4v) is 1.87. The van der Waals surface area contributed by atoms with E-state index in [-0.39, 0.29) is 0 Å². The SMILES string of the molecule is Cc1cccc(-c2cc(Cl)cnc2N)c1C. The molecule has 0 radical (unpaired) electrons. The maximum absolute atomic E-state index is 5.94. The number of nitrogens with two attached hydrogens (primary N) is 1. The van der Waals surface area contributed by atoms with E-state index in [1.165, 1.54) is 11.1 Å². The van der Waals surface area contributed by atoms with Gasteiger partial charge in [-0.25, -0.2) is 4.98 Å². The molecule has 0 fully saturated rings. The first-order chi connectivity index (χ1) is 7.59. The van der Waals surface area contributed by atoms with E-state index in [0.717, 1.165) is 11.1 Å². The van der Waals surface area contributed by atoms with Crippen LogP contribution in [0.1, 0.15) is 11.1 Å². The lowest BCUT2D eigenvalue weighted by atomic mass is 9.98. The van der Waals surface area contributed by atoms with Crippen LogP contribution in [0.2, 0.25) is 5.02 Å². The first-order valence-corrected chi connectivity index (χ1v) is 5.45. The summed E-state index contributed by atoms with van der Waals surface area (Å²) in [6.45, 7) is 4.15. The Morgan fingerprint density at radius 3 is 2.69 bits per heavy atom. The van der Waals surface area contributed by atoms with E-state index in [1.54, 1.807) is 6.20 Å². The highest BCUT2D eigenvalue weighted by molar-refractivity contribution is 6.30. The van der Waals surface area contributed by atoms with Gasteiger partial charge in [0.25, 0.3) is 0 Å². The van der Waals surface area contributed by atoms with Gasteiger partial charge < -0.3 is 5.73 Å². The molecule has 3 heteroatoms. The van der Waals surface area contributed by atoms with Crippen LogP contribution in [0, 0.1) is 13.8 Å². The van der Waals surface area contributed by atoms with E-state index < -0.39 is 0 Å². The van der Waals surface area contributed by atoms with Crippen molar-refractivity contribution in [1.29, 1.82) is 0 Å². The van der Waals surface area contributed by atoms with Crippen molar-refractivity contribution < 1.29 is 0 Å². The zero-order valence-corrected chi connectivity index (χ0v) is 10.0. The van der Waals surface area contributed by atoms with Gasteiger partial charge in [0.2, 0.25) is 0 Å². The van der Waals surface area contributed by atoms with Crippen molar-refractivity contribution in [1.82, 2.24) is 4.98 Å². The summed E-state index contributed by atoms with van der Waals surface area (Å²) in [6.07, 6.45) is 1.56. The number of hydrogen-bond acceptors (Lipinski definition) is 2. The molecule has 1 aromatic heterocycles.